The van der Waals surface area contributed by atoms with Crippen molar-refractivity contribution >= 4 is 5.97 Å². The van der Waals surface area contributed by atoms with Crippen LogP contribution in [0.5, 0.6) is 0 Å². The summed E-state index contributed by atoms with van der Waals surface area (Å²) in [5.41, 5.74) is 1.14. The summed E-state index contributed by atoms with van der Waals surface area (Å²) in [4.78, 5) is 11.1. The van der Waals surface area contributed by atoms with E-state index in [1.54, 1.807) is 0 Å². The molecule has 0 radical (unpaired) electrons. The summed E-state index contributed by atoms with van der Waals surface area (Å²) in [7, 11) is 0. The van der Waals surface area contributed by atoms with Crippen molar-refractivity contribution in [2.75, 3.05) is 6.61 Å². The highest BCUT2D eigenvalue weighted by Gasteiger charge is 2.30. The predicted octanol–water partition coefficient (Wildman–Crippen LogP) is 3.09. The second kappa shape index (κ2) is 6.55. The van der Waals surface area contributed by atoms with Gasteiger partial charge in [-0.2, -0.15) is 0 Å². The fraction of sp³-hybridized carbons (Fsp3) is 0.533. The molecular formula is C15H20O3. The first-order valence-corrected chi connectivity index (χ1v) is 6.62. The Bertz CT molecular complexity index is 375. The number of aliphatic carboxylic acids is 1. The molecular weight excluding hydrogens is 228 g/mol. The quantitative estimate of drug-likeness (QED) is 0.871. The van der Waals surface area contributed by atoms with E-state index in [0.29, 0.717) is 13.2 Å². The van der Waals surface area contributed by atoms with Gasteiger partial charge in [-0.25, -0.2) is 0 Å². The molecule has 0 spiro atoms. The molecule has 0 amide bonds. The van der Waals surface area contributed by atoms with Crippen molar-refractivity contribution in [3.8, 4) is 0 Å². The van der Waals surface area contributed by atoms with Gasteiger partial charge < -0.3 is 9.84 Å². The zero-order chi connectivity index (χ0) is 12.8. The minimum Gasteiger partial charge on any atom is -0.481 e. The number of carboxylic acid groups (broad SMARTS) is 1. The maximum absolute atomic E-state index is 11.1. The highest BCUT2D eigenvalue weighted by Crippen LogP contribution is 2.30. The predicted molar refractivity (Wildman–Crippen MR) is 69.2 cm³/mol. The number of carboxylic acids is 1. The molecule has 1 fully saturated rings. The Morgan fingerprint density at radius 3 is 2.67 bits per heavy atom. The Hall–Kier alpha value is -1.35. The van der Waals surface area contributed by atoms with Gasteiger partial charge in [0.2, 0.25) is 0 Å². The highest BCUT2D eigenvalue weighted by atomic mass is 16.5. The van der Waals surface area contributed by atoms with Crippen LogP contribution in [0, 0.1) is 11.8 Å². The Morgan fingerprint density at radius 1 is 1.22 bits per heavy atom. The molecule has 1 aromatic rings. The van der Waals surface area contributed by atoms with Crippen LogP contribution in [0.2, 0.25) is 0 Å². The van der Waals surface area contributed by atoms with Crippen LogP contribution in [0.1, 0.15) is 31.2 Å². The number of benzene rings is 1. The molecule has 3 heteroatoms. The molecule has 0 heterocycles. The second-order valence-corrected chi connectivity index (χ2v) is 4.99. The first kappa shape index (κ1) is 13.1. The summed E-state index contributed by atoms with van der Waals surface area (Å²) in [6.45, 7) is 1.13. The van der Waals surface area contributed by atoms with Gasteiger partial charge in [0.1, 0.15) is 0 Å². The molecule has 18 heavy (non-hydrogen) atoms. The van der Waals surface area contributed by atoms with Crippen LogP contribution in [-0.4, -0.2) is 17.7 Å². The molecule has 1 saturated carbocycles. The van der Waals surface area contributed by atoms with E-state index in [1.165, 1.54) is 0 Å². The third-order valence-corrected chi connectivity index (χ3v) is 3.67. The van der Waals surface area contributed by atoms with Gasteiger partial charge >= 0.3 is 5.97 Å². The SMILES string of the molecule is O=C(O)C1CCCC[C@H]1COCc1ccccc1. The van der Waals surface area contributed by atoms with E-state index in [2.05, 4.69) is 0 Å². The Labute approximate surface area is 108 Å². The van der Waals surface area contributed by atoms with Gasteiger partial charge in [-0.05, 0) is 24.3 Å². The lowest BCUT2D eigenvalue weighted by Crippen LogP contribution is -2.30. The number of ether oxygens (including phenoxy) is 1. The molecule has 0 saturated heterocycles. The minimum atomic E-state index is -0.664. The number of hydrogen-bond acceptors (Lipinski definition) is 2. The van der Waals surface area contributed by atoms with Crippen molar-refractivity contribution in [3.05, 3.63) is 35.9 Å². The third-order valence-electron chi connectivity index (χ3n) is 3.67. The van der Waals surface area contributed by atoms with Crippen LogP contribution >= 0.6 is 0 Å². The van der Waals surface area contributed by atoms with Crippen molar-refractivity contribution in [2.24, 2.45) is 11.8 Å². The van der Waals surface area contributed by atoms with Crippen molar-refractivity contribution < 1.29 is 14.6 Å². The van der Waals surface area contributed by atoms with Crippen LogP contribution in [-0.2, 0) is 16.1 Å². The third kappa shape index (κ3) is 3.57. The van der Waals surface area contributed by atoms with Gasteiger partial charge in [0.15, 0.2) is 0 Å². The fourth-order valence-corrected chi connectivity index (χ4v) is 2.63. The zero-order valence-corrected chi connectivity index (χ0v) is 10.5. The van der Waals surface area contributed by atoms with Crippen LogP contribution < -0.4 is 0 Å². The molecule has 2 atom stereocenters. The molecule has 1 aliphatic carbocycles. The second-order valence-electron chi connectivity index (χ2n) is 4.99. The Morgan fingerprint density at radius 2 is 1.94 bits per heavy atom. The Kier molecular flexibility index (Phi) is 4.76. The van der Waals surface area contributed by atoms with Crippen LogP contribution in [0.15, 0.2) is 30.3 Å². The van der Waals surface area contributed by atoms with Gasteiger partial charge in [-0.3, -0.25) is 4.79 Å². The van der Waals surface area contributed by atoms with Crippen molar-refractivity contribution in [3.63, 3.8) is 0 Å². The summed E-state index contributed by atoms with van der Waals surface area (Å²) in [6, 6.07) is 9.99. The van der Waals surface area contributed by atoms with Gasteiger partial charge in [0.25, 0.3) is 0 Å². The molecule has 0 aliphatic heterocycles. The van der Waals surface area contributed by atoms with Crippen LogP contribution in [0.4, 0.5) is 0 Å². The first-order valence-electron chi connectivity index (χ1n) is 6.62. The van der Waals surface area contributed by atoms with E-state index in [1.807, 2.05) is 30.3 Å². The summed E-state index contributed by atoms with van der Waals surface area (Å²) in [5.74, 6) is -0.697. The maximum Gasteiger partial charge on any atom is 0.306 e. The van der Waals surface area contributed by atoms with E-state index in [9.17, 15) is 4.79 Å². The van der Waals surface area contributed by atoms with Crippen molar-refractivity contribution in [2.45, 2.75) is 32.3 Å². The zero-order valence-electron chi connectivity index (χ0n) is 10.5. The van der Waals surface area contributed by atoms with Gasteiger partial charge in [0.05, 0.1) is 19.1 Å². The van der Waals surface area contributed by atoms with Gasteiger partial charge in [0, 0.05) is 0 Å². The minimum absolute atomic E-state index is 0.181. The molecule has 0 bridgehead atoms. The fourth-order valence-electron chi connectivity index (χ4n) is 2.63. The van der Waals surface area contributed by atoms with Crippen molar-refractivity contribution in [1.29, 1.82) is 0 Å². The lowest BCUT2D eigenvalue weighted by Gasteiger charge is -2.28. The van der Waals surface area contributed by atoms with Crippen LogP contribution in [0.3, 0.4) is 0 Å². The summed E-state index contributed by atoms with van der Waals surface area (Å²) in [6.07, 6.45) is 3.94. The van der Waals surface area contributed by atoms with Gasteiger partial charge in [-0.15, -0.1) is 0 Å². The number of rotatable bonds is 5. The monoisotopic (exact) mass is 248 g/mol. The van der Waals surface area contributed by atoms with E-state index >= 15 is 0 Å². The summed E-state index contributed by atoms with van der Waals surface area (Å²) in [5, 5.41) is 9.17. The standard InChI is InChI=1S/C15H20O3/c16-15(17)14-9-5-4-8-13(14)11-18-10-12-6-2-1-3-7-12/h1-3,6-7,13-14H,4-5,8-11H2,(H,16,17)/t13-,14?/m0/s1. The lowest BCUT2D eigenvalue weighted by molar-refractivity contribution is -0.146. The smallest absolute Gasteiger partial charge is 0.306 e. The highest BCUT2D eigenvalue weighted by molar-refractivity contribution is 5.70. The van der Waals surface area contributed by atoms with E-state index < -0.39 is 5.97 Å². The molecule has 1 unspecified atom stereocenters. The van der Waals surface area contributed by atoms with E-state index in [4.69, 9.17) is 9.84 Å². The number of hydrogen-bond donors (Lipinski definition) is 1. The van der Waals surface area contributed by atoms with Crippen molar-refractivity contribution in [1.82, 2.24) is 0 Å². The molecule has 98 valence electrons. The molecule has 0 aromatic heterocycles. The maximum atomic E-state index is 11.1. The van der Waals surface area contributed by atoms with E-state index in [0.717, 1.165) is 31.2 Å². The van der Waals surface area contributed by atoms with E-state index in [-0.39, 0.29) is 11.8 Å². The van der Waals surface area contributed by atoms with Crippen LogP contribution in [0.25, 0.3) is 0 Å². The molecule has 2 rings (SSSR count). The molecule has 3 nitrogen and oxygen atoms in total. The largest absolute Gasteiger partial charge is 0.481 e. The molecule has 1 N–H and O–H groups in total. The molecule has 1 aliphatic rings. The average molecular weight is 248 g/mol. The average Bonchev–Trinajstić information content (AvgIpc) is 2.40. The topological polar surface area (TPSA) is 46.5 Å². The molecule has 1 aromatic carbocycles. The van der Waals surface area contributed by atoms with Gasteiger partial charge in [-0.1, -0.05) is 43.2 Å². The normalized spacial score (nSPS) is 23.8. The summed E-state index contributed by atoms with van der Waals surface area (Å²) >= 11 is 0. The Balaban J connectivity index is 1.79. The lowest BCUT2D eigenvalue weighted by atomic mass is 9.80. The number of carbonyl (C=O) groups is 1. The summed E-state index contributed by atoms with van der Waals surface area (Å²) < 4.78 is 5.68. The first-order chi connectivity index (χ1) is 8.77.